The van der Waals surface area contributed by atoms with Crippen LogP contribution in [-0.2, 0) is 9.59 Å². The summed E-state index contributed by atoms with van der Waals surface area (Å²) >= 11 is 0. The van der Waals surface area contributed by atoms with Gasteiger partial charge in [0.2, 0.25) is 11.8 Å². The third-order valence-electron chi connectivity index (χ3n) is 3.20. The van der Waals surface area contributed by atoms with E-state index in [9.17, 15) is 9.59 Å². The van der Waals surface area contributed by atoms with E-state index in [2.05, 4.69) is 10.3 Å². The van der Waals surface area contributed by atoms with Crippen LogP contribution in [0.4, 0.5) is 0 Å². The van der Waals surface area contributed by atoms with Crippen molar-refractivity contribution in [1.29, 1.82) is 0 Å². The number of carbonyl (C=O) groups is 2. The molecule has 2 heterocycles. The quantitative estimate of drug-likeness (QED) is 0.801. The highest BCUT2D eigenvalue weighted by Crippen LogP contribution is 2.36. The van der Waals surface area contributed by atoms with Gasteiger partial charge >= 0.3 is 0 Å². The Kier molecular flexibility index (Phi) is 3.08. The molecule has 2 rings (SSSR count). The molecule has 0 bridgehead atoms. The highest BCUT2D eigenvalue weighted by Gasteiger charge is 2.42. The highest BCUT2D eigenvalue weighted by molar-refractivity contribution is 5.90. The molecule has 0 aliphatic carbocycles. The van der Waals surface area contributed by atoms with Crippen molar-refractivity contribution in [1.82, 2.24) is 15.2 Å². The van der Waals surface area contributed by atoms with E-state index < -0.39 is 0 Å². The molecular formula is C12H15N3O2. The lowest BCUT2D eigenvalue weighted by Crippen LogP contribution is -2.32. The number of amides is 2. The average Bonchev–Trinajstić information content (AvgIpc) is 2.66. The van der Waals surface area contributed by atoms with Crippen molar-refractivity contribution in [3.05, 3.63) is 30.1 Å². The van der Waals surface area contributed by atoms with Gasteiger partial charge in [0.05, 0.1) is 12.0 Å². The number of pyridine rings is 1. The summed E-state index contributed by atoms with van der Waals surface area (Å²) in [6, 6.07) is 3.49. The van der Waals surface area contributed by atoms with Crippen molar-refractivity contribution in [3.8, 4) is 0 Å². The van der Waals surface area contributed by atoms with Crippen LogP contribution in [0.3, 0.4) is 0 Å². The van der Waals surface area contributed by atoms with Gasteiger partial charge in [0.15, 0.2) is 0 Å². The van der Waals surface area contributed by atoms with Crippen LogP contribution in [0.5, 0.6) is 0 Å². The van der Waals surface area contributed by atoms with E-state index in [0.29, 0.717) is 0 Å². The Morgan fingerprint density at radius 1 is 1.59 bits per heavy atom. The first-order chi connectivity index (χ1) is 8.15. The molecule has 17 heavy (non-hydrogen) atoms. The summed E-state index contributed by atoms with van der Waals surface area (Å²) in [5.74, 6) is -0.439. The van der Waals surface area contributed by atoms with Gasteiger partial charge in [-0.1, -0.05) is 6.07 Å². The van der Waals surface area contributed by atoms with Gasteiger partial charge in [-0.15, -0.1) is 0 Å². The molecule has 1 aliphatic heterocycles. The van der Waals surface area contributed by atoms with Gasteiger partial charge in [-0.2, -0.15) is 0 Å². The fourth-order valence-electron chi connectivity index (χ4n) is 2.30. The van der Waals surface area contributed by atoms with E-state index >= 15 is 0 Å². The maximum atomic E-state index is 11.8. The second-order valence-electron chi connectivity index (χ2n) is 4.16. The molecule has 1 fully saturated rings. The predicted octanol–water partition coefficient (Wildman–Crippen LogP) is 0.347. The Morgan fingerprint density at radius 3 is 2.94 bits per heavy atom. The molecule has 2 atom stereocenters. The van der Waals surface area contributed by atoms with E-state index in [1.165, 1.54) is 0 Å². The van der Waals surface area contributed by atoms with Crippen molar-refractivity contribution in [2.45, 2.75) is 12.5 Å². The molecule has 0 unspecified atom stereocenters. The minimum Gasteiger partial charge on any atom is -0.359 e. The molecule has 1 aromatic heterocycles. The number of likely N-dealkylation sites (tertiary alicyclic amines) is 1. The molecule has 0 aromatic carbocycles. The number of aromatic nitrogens is 1. The molecule has 1 saturated heterocycles. The predicted molar refractivity (Wildman–Crippen MR) is 61.9 cm³/mol. The minimum absolute atomic E-state index is 0.00699. The summed E-state index contributed by atoms with van der Waals surface area (Å²) in [5.41, 5.74) is 0.898. The molecule has 1 aromatic rings. The van der Waals surface area contributed by atoms with Gasteiger partial charge in [-0.05, 0) is 11.6 Å². The third kappa shape index (κ3) is 2.00. The molecular weight excluding hydrogens is 218 g/mol. The number of hydrogen-bond donors (Lipinski definition) is 1. The zero-order chi connectivity index (χ0) is 12.4. The van der Waals surface area contributed by atoms with Crippen LogP contribution in [0, 0.1) is 5.92 Å². The van der Waals surface area contributed by atoms with Crippen molar-refractivity contribution < 1.29 is 9.59 Å². The molecule has 0 spiro atoms. The molecule has 5 heteroatoms. The number of hydrogen-bond acceptors (Lipinski definition) is 3. The molecule has 1 N–H and O–H groups in total. The van der Waals surface area contributed by atoms with Crippen molar-refractivity contribution in [2.24, 2.45) is 5.92 Å². The van der Waals surface area contributed by atoms with Crippen LogP contribution >= 0.6 is 0 Å². The lowest BCUT2D eigenvalue weighted by atomic mass is 9.94. The van der Waals surface area contributed by atoms with Crippen LogP contribution in [0.2, 0.25) is 0 Å². The van der Waals surface area contributed by atoms with Crippen LogP contribution in [0.1, 0.15) is 18.0 Å². The van der Waals surface area contributed by atoms with Gasteiger partial charge in [-0.3, -0.25) is 14.6 Å². The summed E-state index contributed by atoms with van der Waals surface area (Å²) in [6.45, 7) is 0. The SMILES string of the molecule is CNC(=O)[C@@H]1CC(=O)N(C)[C@@H]1c1cccnc1. The van der Waals surface area contributed by atoms with E-state index in [1.807, 2.05) is 12.1 Å². The lowest BCUT2D eigenvalue weighted by molar-refractivity contribution is -0.128. The Hall–Kier alpha value is -1.91. The van der Waals surface area contributed by atoms with Gasteiger partial charge < -0.3 is 10.2 Å². The first-order valence-corrected chi connectivity index (χ1v) is 5.52. The van der Waals surface area contributed by atoms with E-state index in [-0.39, 0.29) is 30.2 Å². The van der Waals surface area contributed by atoms with Crippen molar-refractivity contribution in [2.75, 3.05) is 14.1 Å². The van der Waals surface area contributed by atoms with Crippen LogP contribution in [-0.4, -0.2) is 35.8 Å². The van der Waals surface area contributed by atoms with Gasteiger partial charge in [0, 0.05) is 32.9 Å². The fraction of sp³-hybridized carbons (Fsp3) is 0.417. The minimum atomic E-state index is -0.332. The van der Waals surface area contributed by atoms with E-state index in [1.54, 1.807) is 31.4 Å². The summed E-state index contributed by atoms with van der Waals surface area (Å²) in [7, 11) is 3.31. The normalized spacial score (nSPS) is 23.9. The average molecular weight is 233 g/mol. The third-order valence-corrected chi connectivity index (χ3v) is 3.20. The number of nitrogens with zero attached hydrogens (tertiary/aromatic N) is 2. The maximum Gasteiger partial charge on any atom is 0.225 e. The molecule has 90 valence electrons. The lowest BCUT2D eigenvalue weighted by Gasteiger charge is -2.24. The van der Waals surface area contributed by atoms with E-state index in [0.717, 1.165) is 5.56 Å². The highest BCUT2D eigenvalue weighted by atomic mass is 16.2. The zero-order valence-corrected chi connectivity index (χ0v) is 9.88. The number of nitrogens with one attached hydrogen (secondary N) is 1. The van der Waals surface area contributed by atoms with Crippen molar-refractivity contribution in [3.63, 3.8) is 0 Å². The first-order valence-electron chi connectivity index (χ1n) is 5.52. The van der Waals surface area contributed by atoms with Crippen LogP contribution in [0.25, 0.3) is 0 Å². The topological polar surface area (TPSA) is 62.3 Å². The standard InChI is InChI=1S/C12H15N3O2/c1-13-12(17)9-6-10(16)15(2)11(9)8-4-3-5-14-7-8/h3-5,7,9,11H,6H2,1-2H3,(H,13,17)/t9-,11-/m1/s1. The monoisotopic (exact) mass is 233 g/mol. The molecule has 1 aliphatic rings. The fourth-order valence-corrected chi connectivity index (χ4v) is 2.30. The van der Waals surface area contributed by atoms with Gasteiger partial charge in [0.25, 0.3) is 0 Å². The summed E-state index contributed by atoms with van der Waals surface area (Å²) in [6.07, 6.45) is 3.64. The molecule has 5 nitrogen and oxygen atoms in total. The second kappa shape index (κ2) is 4.53. The summed E-state index contributed by atoms with van der Waals surface area (Å²) in [5, 5.41) is 2.61. The van der Waals surface area contributed by atoms with Crippen LogP contribution < -0.4 is 5.32 Å². The Balaban J connectivity index is 2.34. The maximum absolute atomic E-state index is 11.8. The van der Waals surface area contributed by atoms with Crippen molar-refractivity contribution >= 4 is 11.8 Å². The molecule has 0 radical (unpaired) electrons. The smallest absolute Gasteiger partial charge is 0.225 e. The summed E-state index contributed by atoms with van der Waals surface area (Å²) in [4.78, 5) is 29.2. The number of rotatable bonds is 2. The Morgan fingerprint density at radius 2 is 2.35 bits per heavy atom. The molecule has 0 saturated carbocycles. The number of carbonyl (C=O) groups excluding carboxylic acids is 2. The molecule has 2 amide bonds. The van der Waals surface area contributed by atoms with E-state index in [4.69, 9.17) is 0 Å². The summed E-state index contributed by atoms with van der Waals surface area (Å²) < 4.78 is 0. The van der Waals surface area contributed by atoms with Gasteiger partial charge in [-0.25, -0.2) is 0 Å². The Labute approximate surface area is 99.8 Å². The zero-order valence-electron chi connectivity index (χ0n) is 9.88. The van der Waals surface area contributed by atoms with Crippen LogP contribution in [0.15, 0.2) is 24.5 Å². The second-order valence-corrected chi connectivity index (χ2v) is 4.16. The van der Waals surface area contributed by atoms with Gasteiger partial charge in [0.1, 0.15) is 0 Å². The Bertz CT molecular complexity index is 433. The largest absolute Gasteiger partial charge is 0.359 e. The first kappa shape index (κ1) is 11.6.